The predicted octanol–water partition coefficient (Wildman–Crippen LogP) is 4.48. The van der Waals surface area contributed by atoms with Crippen LogP contribution in [0.25, 0.3) is 0 Å². The molecule has 1 aliphatic heterocycles. The molecule has 1 unspecified atom stereocenters. The van der Waals surface area contributed by atoms with Crippen molar-refractivity contribution in [1.29, 1.82) is 0 Å². The van der Waals surface area contributed by atoms with Crippen LogP contribution in [0.3, 0.4) is 0 Å². The van der Waals surface area contributed by atoms with Crippen molar-refractivity contribution in [3.8, 4) is 11.5 Å². The summed E-state index contributed by atoms with van der Waals surface area (Å²) in [4.78, 5) is 7.38. The average molecular weight is 394 g/mol. The number of aryl methyl sites for hydroxylation is 1. The highest BCUT2D eigenvalue weighted by Crippen LogP contribution is 2.41. The fourth-order valence-electron chi connectivity index (χ4n) is 3.76. The summed E-state index contributed by atoms with van der Waals surface area (Å²) >= 11 is 5.81. The van der Waals surface area contributed by atoms with Crippen LogP contribution in [0.4, 0.5) is 11.4 Å². The zero-order valence-electron chi connectivity index (χ0n) is 16.0. The topological polar surface area (TPSA) is 39.5 Å². The van der Waals surface area contributed by atoms with Gasteiger partial charge in [0.05, 0.1) is 25.5 Å². The van der Waals surface area contributed by atoms with Crippen LogP contribution in [0.15, 0.2) is 61.2 Å². The second-order valence-electron chi connectivity index (χ2n) is 6.83. The number of aromatic nitrogens is 2. The van der Waals surface area contributed by atoms with E-state index in [0.29, 0.717) is 0 Å². The van der Waals surface area contributed by atoms with Crippen LogP contribution in [0, 0.1) is 5.92 Å². The van der Waals surface area contributed by atoms with Crippen LogP contribution in [0.5, 0.6) is 11.5 Å². The molecular weight excluding hydrogens is 370 g/mol. The molecule has 28 heavy (non-hydrogen) atoms. The number of fused-ring (bicyclic) bond motifs is 1. The van der Waals surface area contributed by atoms with Crippen LogP contribution in [0.1, 0.15) is 12.0 Å². The first-order valence-corrected chi connectivity index (χ1v) is 9.71. The Morgan fingerprint density at radius 2 is 1.86 bits per heavy atom. The van der Waals surface area contributed by atoms with Crippen molar-refractivity contribution in [1.82, 2.24) is 9.55 Å². The first kappa shape index (κ1) is 18.5. The number of ether oxygens (including phenoxy) is 2. The van der Waals surface area contributed by atoms with Gasteiger partial charge < -0.3 is 18.9 Å². The third kappa shape index (κ3) is 3.47. The van der Waals surface area contributed by atoms with Crippen molar-refractivity contribution in [2.75, 3.05) is 25.7 Å². The number of nitrogens with zero attached hydrogens (tertiary/aromatic N) is 3. The average Bonchev–Trinajstić information content (AvgIpc) is 3.22. The van der Waals surface area contributed by atoms with Crippen LogP contribution in [-0.4, -0.2) is 35.3 Å². The minimum atomic E-state index is 0.216. The fourth-order valence-corrected chi connectivity index (χ4v) is 4.06. The van der Waals surface area contributed by atoms with Gasteiger partial charge in [-0.3, -0.25) is 0 Å². The van der Waals surface area contributed by atoms with E-state index in [1.54, 1.807) is 26.7 Å². The molecule has 0 bridgehead atoms. The zero-order chi connectivity index (χ0) is 19.5. The Labute approximate surface area is 170 Å². The third-order valence-electron chi connectivity index (χ3n) is 5.22. The van der Waals surface area contributed by atoms with Gasteiger partial charge in [-0.1, -0.05) is 30.4 Å². The number of hydrogen-bond acceptors (Lipinski definition) is 5. The molecule has 0 radical (unpaired) electrons. The molecule has 0 fully saturated rings. The molecular formula is C22H23N3O2S. The molecule has 2 heterocycles. The standard InChI is InChI=1S/C22H23N3O2S/c1-26-20-12-16-8-9-17(22(28)24-11-10-23-15-24)14-25(18-6-4-3-5-7-18)19(16)13-21(20)27-2/h3-7,10-13,15,17H,8-9,14H2,1-2H3. The van der Waals surface area contributed by atoms with Gasteiger partial charge in [0.2, 0.25) is 0 Å². The molecule has 3 aromatic rings. The van der Waals surface area contributed by atoms with E-state index in [-0.39, 0.29) is 5.92 Å². The molecule has 0 saturated heterocycles. The van der Waals surface area contributed by atoms with Crippen LogP contribution >= 0.6 is 12.2 Å². The fraction of sp³-hybridized carbons (Fsp3) is 0.273. The Morgan fingerprint density at radius 3 is 2.54 bits per heavy atom. The van der Waals surface area contributed by atoms with E-state index in [1.807, 2.05) is 16.8 Å². The second-order valence-corrected chi connectivity index (χ2v) is 7.24. The summed E-state index contributed by atoms with van der Waals surface area (Å²) in [5.74, 6) is 1.71. The normalized spacial score (nSPS) is 16.2. The van der Waals surface area contributed by atoms with E-state index >= 15 is 0 Å². The lowest BCUT2D eigenvalue weighted by Crippen LogP contribution is -2.30. The first-order chi connectivity index (χ1) is 13.7. The Morgan fingerprint density at radius 1 is 1.11 bits per heavy atom. The third-order valence-corrected chi connectivity index (χ3v) is 5.76. The maximum atomic E-state index is 5.81. The summed E-state index contributed by atoms with van der Waals surface area (Å²) < 4.78 is 13.1. The Balaban J connectivity index is 1.78. The molecule has 0 N–H and O–H groups in total. The number of benzene rings is 2. The van der Waals surface area contributed by atoms with Crippen LogP contribution in [0.2, 0.25) is 0 Å². The molecule has 1 aliphatic rings. The first-order valence-electron chi connectivity index (χ1n) is 9.31. The zero-order valence-corrected chi connectivity index (χ0v) is 16.9. The monoisotopic (exact) mass is 393 g/mol. The predicted molar refractivity (Wildman–Crippen MR) is 115 cm³/mol. The molecule has 0 spiro atoms. The number of hydrogen-bond donors (Lipinski definition) is 0. The van der Waals surface area contributed by atoms with Crippen molar-refractivity contribution >= 4 is 28.6 Å². The number of anilines is 2. The van der Waals surface area contributed by atoms with E-state index in [2.05, 4.69) is 46.3 Å². The van der Waals surface area contributed by atoms with Gasteiger partial charge in [0.1, 0.15) is 0 Å². The molecule has 0 amide bonds. The maximum absolute atomic E-state index is 5.81. The van der Waals surface area contributed by atoms with Gasteiger partial charge in [0.25, 0.3) is 0 Å². The summed E-state index contributed by atoms with van der Waals surface area (Å²) in [5.41, 5.74) is 3.51. The molecule has 2 aromatic carbocycles. The number of rotatable bonds is 4. The molecule has 5 nitrogen and oxygen atoms in total. The van der Waals surface area contributed by atoms with Gasteiger partial charge >= 0.3 is 0 Å². The summed E-state index contributed by atoms with van der Waals surface area (Å²) in [6, 6.07) is 14.6. The Hall–Kier alpha value is -2.86. The molecule has 1 atom stereocenters. The molecule has 0 saturated carbocycles. The molecule has 1 aromatic heterocycles. The van der Waals surface area contributed by atoms with Gasteiger partial charge in [-0.05, 0) is 36.6 Å². The minimum Gasteiger partial charge on any atom is -0.493 e. The van der Waals surface area contributed by atoms with Gasteiger partial charge in [0, 0.05) is 42.3 Å². The lowest BCUT2D eigenvalue weighted by molar-refractivity contribution is 0.354. The van der Waals surface area contributed by atoms with Crippen molar-refractivity contribution in [2.45, 2.75) is 12.8 Å². The van der Waals surface area contributed by atoms with E-state index in [4.69, 9.17) is 21.7 Å². The summed E-state index contributed by atoms with van der Waals surface area (Å²) in [6.45, 7) is 0.795. The van der Waals surface area contributed by atoms with Crippen molar-refractivity contribution in [3.05, 3.63) is 66.7 Å². The molecule has 4 rings (SSSR count). The number of methoxy groups -OCH3 is 2. The Kier molecular flexibility index (Phi) is 5.30. The Bertz CT molecular complexity index is 957. The van der Waals surface area contributed by atoms with Gasteiger partial charge in [-0.25, -0.2) is 4.98 Å². The largest absolute Gasteiger partial charge is 0.493 e. The smallest absolute Gasteiger partial charge is 0.162 e. The van der Waals surface area contributed by atoms with E-state index in [0.717, 1.165) is 47.2 Å². The second kappa shape index (κ2) is 8.02. The van der Waals surface area contributed by atoms with Gasteiger partial charge in [-0.15, -0.1) is 0 Å². The highest BCUT2D eigenvalue weighted by molar-refractivity contribution is 7.80. The summed E-state index contributed by atoms with van der Waals surface area (Å²) in [5, 5.41) is 0. The van der Waals surface area contributed by atoms with E-state index < -0.39 is 0 Å². The number of para-hydroxylation sites is 1. The molecule has 0 aliphatic carbocycles. The lowest BCUT2D eigenvalue weighted by atomic mass is 10.0. The van der Waals surface area contributed by atoms with Crippen molar-refractivity contribution in [3.63, 3.8) is 0 Å². The summed E-state index contributed by atoms with van der Waals surface area (Å²) in [7, 11) is 3.34. The van der Waals surface area contributed by atoms with Crippen LogP contribution < -0.4 is 14.4 Å². The highest BCUT2D eigenvalue weighted by Gasteiger charge is 2.28. The maximum Gasteiger partial charge on any atom is 0.162 e. The number of thiocarbonyl (C=S) groups is 1. The van der Waals surface area contributed by atoms with E-state index in [9.17, 15) is 0 Å². The number of imidazole rings is 1. The SMILES string of the molecule is COc1cc2c(cc1OC)N(c1ccccc1)CC(C(=S)n1ccnc1)CC2. The highest BCUT2D eigenvalue weighted by atomic mass is 32.1. The molecule has 6 heteroatoms. The van der Waals surface area contributed by atoms with Crippen molar-refractivity contribution < 1.29 is 9.47 Å². The summed E-state index contributed by atoms with van der Waals surface area (Å²) in [6.07, 6.45) is 7.34. The quantitative estimate of drug-likeness (QED) is 0.612. The minimum absolute atomic E-state index is 0.216. The van der Waals surface area contributed by atoms with Crippen molar-refractivity contribution in [2.24, 2.45) is 5.92 Å². The van der Waals surface area contributed by atoms with Gasteiger partial charge in [-0.2, -0.15) is 0 Å². The van der Waals surface area contributed by atoms with Gasteiger partial charge in [0.15, 0.2) is 11.5 Å². The van der Waals surface area contributed by atoms with Crippen LogP contribution in [-0.2, 0) is 6.42 Å². The lowest BCUT2D eigenvalue weighted by Gasteiger charge is -2.29. The van der Waals surface area contributed by atoms with E-state index in [1.165, 1.54) is 5.56 Å². The molecule has 144 valence electrons.